The molecule has 0 bridgehead atoms. The molecule has 0 saturated heterocycles. The minimum absolute atomic E-state index is 0.510. The van der Waals surface area contributed by atoms with Gasteiger partial charge in [-0.15, -0.1) is 0 Å². The summed E-state index contributed by atoms with van der Waals surface area (Å²) in [6.45, 7) is 3.97. The van der Waals surface area contributed by atoms with E-state index in [0.717, 1.165) is 23.0 Å². The van der Waals surface area contributed by atoms with Gasteiger partial charge in [-0.05, 0) is 36.6 Å². The van der Waals surface area contributed by atoms with Crippen LogP contribution in [-0.4, -0.2) is 6.29 Å². The van der Waals surface area contributed by atoms with Crippen LogP contribution in [0.4, 0.5) is 0 Å². The maximum absolute atomic E-state index is 10.2. The number of rotatable bonds is 2. The van der Waals surface area contributed by atoms with E-state index < -0.39 is 0 Å². The molecule has 0 saturated carbocycles. The highest BCUT2D eigenvalue weighted by molar-refractivity contribution is 5.55. The summed E-state index contributed by atoms with van der Waals surface area (Å²) in [6, 6.07) is 7.13. The largest absolute Gasteiger partial charge is 0.303 e. The highest BCUT2D eigenvalue weighted by Crippen LogP contribution is 2.07. The highest BCUT2D eigenvalue weighted by atomic mass is 16.1. The maximum Gasteiger partial charge on any atom is 0.124 e. The predicted octanol–water partition coefficient (Wildman–Crippen LogP) is 1.85. The van der Waals surface area contributed by atoms with Crippen molar-refractivity contribution in [3.8, 4) is 0 Å². The van der Waals surface area contributed by atoms with Crippen LogP contribution < -0.4 is 0 Å². The normalized spacial score (nSPS) is 9.64. The van der Waals surface area contributed by atoms with Gasteiger partial charge in [0.15, 0.2) is 0 Å². The zero-order chi connectivity index (χ0) is 8.27. The molecule has 1 nitrogen and oxygen atoms in total. The minimum atomic E-state index is 0.510. The lowest BCUT2D eigenvalue weighted by atomic mass is 10.1. The van der Waals surface area contributed by atoms with Gasteiger partial charge in [0.05, 0.1) is 0 Å². The molecule has 57 valence electrons. The predicted molar refractivity (Wildman–Crippen MR) is 44.5 cm³/mol. The lowest BCUT2D eigenvalue weighted by molar-refractivity contribution is -0.107. The van der Waals surface area contributed by atoms with Crippen LogP contribution in [0.5, 0.6) is 0 Å². The summed E-state index contributed by atoms with van der Waals surface area (Å²) in [4.78, 5) is 10.2. The second kappa shape index (κ2) is 3.33. The van der Waals surface area contributed by atoms with Gasteiger partial charge in [-0.25, -0.2) is 0 Å². The van der Waals surface area contributed by atoms with Gasteiger partial charge in [0.1, 0.15) is 6.29 Å². The fourth-order valence-electron chi connectivity index (χ4n) is 1.20. The maximum atomic E-state index is 10.2. The number of hydrogen-bond donors (Lipinski definition) is 0. The van der Waals surface area contributed by atoms with E-state index in [1.165, 1.54) is 0 Å². The molecular formula is C10H11O. The molecule has 0 amide bonds. The first kappa shape index (κ1) is 7.99. The fraction of sp³-hybridized carbons (Fsp3) is 0.300. The molecular weight excluding hydrogens is 136 g/mol. The van der Waals surface area contributed by atoms with Crippen molar-refractivity contribution in [3.63, 3.8) is 0 Å². The summed E-state index contributed by atoms with van der Waals surface area (Å²) < 4.78 is 0. The van der Waals surface area contributed by atoms with Gasteiger partial charge in [0, 0.05) is 6.42 Å². The van der Waals surface area contributed by atoms with E-state index >= 15 is 0 Å². The number of aldehydes is 1. The summed E-state index contributed by atoms with van der Waals surface area (Å²) in [5.74, 6) is 0. The molecule has 1 radical (unpaired) electrons. The van der Waals surface area contributed by atoms with Crippen molar-refractivity contribution in [2.75, 3.05) is 0 Å². The molecule has 0 unspecified atom stereocenters. The average molecular weight is 147 g/mol. The first-order valence-corrected chi connectivity index (χ1v) is 3.65. The molecule has 0 aliphatic carbocycles. The smallest absolute Gasteiger partial charge is 0.124 e. The Hall–Kier alpha value is -1.11. The van der Waals surface area contributed by atoms with Crippen molar-refractivity contribution in [1.29, 1.82) is 0 Å². The third-order valence-electron chi connectivity index (χ3n) is 1.52. The highest BCUT2D eigenvalue weighted by Gasteiger charge is 1.94. The zero-order valence-electron chi connectivity index (χ0n) is 6.85. The lowest BCUT2D eigenvalue weighted by Crippen LogP contribution is -1.88. The molecule has 0 fully saturated rings. The molecule has 0 aliphatic rings. The summed E-state index contributed by atoms with van der Waals surface area (Å²) >= 11 is 0. The van der Waals surface area contributed by atoms with Gasteiger partial charge in [-0.2, -0.15) is 0 Å². The lowest BCUT2D eigenvalue weighted by Gasteiger charge is -1.99. The third kappa shape index (κ3) is 2.19. The number of carbonyl (C=O) groups is 1. The van der Waals surface area contributed by atoms with Crippen molar-refractivity contribution in [2.45, 2.75) is 20.3 Å². The molecule has 1 rings (SSSR count). The van der Waals surface area contributed by atoms with Crippen LogP contribution >= 0.6 is 0 Å². The van der Waals surface area contributed by atoms with Crippen LogP contribution in [-0.2, 0) is 11.2 Å². The first-order valence-electron chi connectivity index (χ1n) is 3.65. The van der Waals surface area contributed by atoms with E-state index in [1.54, 1.807) is 0 Å². The summed E-state index contributed by atoms with van der Waals surface area (Å²) in [7, 11) is 0. The van der Waals surface area contributed by atoms with Gasteiger partial charge in [-0.1, -0.05) is 12.1 Å². The number of carbonyl (C=O) groups excluding carboxylic acids is 1. The topological polar surface area (TPSA) is 17.1 Å². The van der Waals surface area contributed by atoms with Crippen LogP contribution in [0.25, 0.3) is 0 Å². The second-order valence-corrected chi connectivity index (χ2v) is 2.73. The monoisotopic (exact) mass is 147 g/mol. The van der Waals surface area contributed by atoms with Gasteiger partial charge >= 0.3 is 0 Å². The van der Waals surface area contributed by atoms with Gasteiger partial charge in [0.25, 0.3) is 0 Å². The van der Waals surface area contributed by atoms with Crippen LogP contribution in [0.2, 0.25) is 0 Å². The molecule has 0 atom stereocenters. The van der Waals surface area contributed by atoms with Gasteiger partial charge in [0.2, 0.25) is 0 Å². The molecule has 0 heterocycles. The average Bonchev–Trinajstić information content (AvgIpc) is 1.85. The van der Waals surface area contributed by atoms with E-state index in [1.807, 2.05) is 26.0 Å². The number of aryl methyl sites for hydroxylation is 2. The van der Waals surface area contributed by atoms with E-state index in [9.17, 15) is 4.79 Å². The first-order chi connectivity index (χ1) is 5.22. The third-order valence-corrected chi connectivity index (χ3v) is 1.52. The SMILES string of the molecule is Cc1[c]c(C)cc(CC=O)c1. The fourth-order valence-corrected chi connectivity index (χ4v) is 1.20. The zero-order valence-corrected chi connectivity index (χ0v) is 6.85. The number of benzene rings is 1. The van der Waals surface area contributed by atoms with Crippen molar-refractivity contribution >= 4 is 6.29 Å². The Balaban J connectivity index is 2.98. The molecule has 0 aromatic heterocycles. The Labute approximate surface area is 67.1 Å². The quantitative estimate of drug-likeness (QED) is 0.583. The van der Waals surface area contributed by atoms with Crippen molar-refractivity contribution in [1.82, 2.24) is 0 Å². The van der Waals surface area contributed by atoms with Crippen LogP contribution in [0.3, 0.4) is 0 Å². The van der Waals surface area contributed by atoms with Crippen molar-refractivity contribution in [3.05, 3.63) is 34.9 Å². The number of hydrogen-bond acceptors (Lipinski definition) is 1. The second-order valence-electron chi connectivity index (χ2n) is 2.73. The van der Waals surface area contributed by atoms with Crippen LogP contribution in [0.15, 0.2) is 12.1 Å². The van der Waals surface area contributed by atoms with E-state index in [0.29, 0.717) is 6.42 Å². The van der Waals surface area contributed by atoms with Crippen molar-refractivity contribution < 1.29 is 4.79 Å². The Bertz CT molecular complexity index is 243. The minimum Gasteiger partial charge on any atom is -0.303 e. The van der Waals surface area contributed by atoms with E-state index in [2.05, 4.69) is 6.07 Å². The molecule has 0 aliphatic heterocycles. The van der Waals surface area contributed by atoms with Gasteiger partial charge < -0.3 is 4.79 Å². The molecule has 0 spiro atoms. The molecule has 1 heteroatoms. The Kier molecular flexibility index (Phi) is 2.42. The van der Waals surface area contributed by atoms with Crippen LogP contribution in [0.1, 0.15) is 16.7 Å². The standard InChI is InChI=1S/C10H11O/c1-8-5-9(2)7-10(6-8)3-4-11/h4,6-7H,3H2,1-2H3. The molecule has 11 heavy (non-hydrogen) atoms. The van der Waals surface area contributed by atoms with E-state index in [-0.39, 0.29) is 0 Å². The summed E-state index contributed by atoms with van der Waals surface area (Å²) in [5, 5.41) is 0. The molecule has 1 aromatic carbocycles. The Morgan fingerprint density at radius 1 is 1.36 bits per heavy atom. The van der Waals surface area contributed by atoms with E-state index in [4.69, 9.17) is 0 Å². The Morgan fingerprint density at radius 2 is 1.91 bits per heavy atom. The Morgan fingerprint density at radius 3 is 2.36 bits per heavy atom. The van der Waals surface area contributed by atoms with Crippen LogP contribution in [0, 0.1) is 19.9 Å². The molecule has 1 aromatic rings. The van der Waals surface area contributed by atoms with Crippen molar-refractivity contribution in [2.24, 2.45) is 0 Å². The van der Waals surface area contributed by atoms with Gasteiger partial charge in [-0.3, -0.25) is 0 Å². The summed E-state index contributed by atoms with van der Waals surface area (Å²) in [6.07, 6.45) is 1.44. The summed E-state index contributed by atoms with van der Waals surface area (Å²) in [5.41, 5.74) is 3.28. The molecule has 0 N–H and O–H groups in total.